The van der Waals surface area contributed by atoms with Crippen molar-refractivity contribution >= 4 is 37.2 Å². The predicted molar refractivity (Wildman–Crippen MR) is 101 cm³/mol. The fraction of sp³-hybridized carbons (Fsp3) is 1.00. The maximum absolute atomic E-state index is 2.74. The van der Waals surface area contributed by atoms with Gasteiger partial charge in [0.05, 0.1) is 0 Å². The average molecular weight is 479 g/mol. The Kier molecular flexibility index (Phi) is 13.1. The molecule has 0 bridgehead atoms. The van der Waals surface area contributed by atoms with E-state index in [-0.39, 0.29) is 0 Å². The van der Waals surface area contributed by atoms with Gasteiger partial charge in [-0.3, -0.25) is 0 Å². The number of hydrogen-bond donors (Lipinski definition) is 0. The molecule has 0 radical (unpaired) electrons. The second-order valence-electron chi connectivity index (χ2n) is 5.19. The van der Waals surface area contributed by atoms with Crippen molar-refractivity contribution in [3.8, 4) is 0 Å². The molecule has 18 heavy (non-hydrogen) atoms. The number of piperidine rings is 1. The van der Waals surface area contributed by atoms with Crippen LogP contribution in [-0.2, 0) is 0 Å². The Hall–Kier alpha value is 1.42. The molecule has 0 aromatic carbocycles. The summed E-state index contributed by atoms with van der Waals surface area (Å²) in [6.07, 6.45) is 8.88. The molecule has 0 N–H and O–H groups in total. The number of rotatable bonds is 2. The number of hydrogen-bond acceptors (Lipinski definition) is 1. The van der Waals surface area contributed by atoms with Crippen LogP contribution in [0.2, 0.25) is 0 Å². The van der Waals surface area contributed by atoms with Crippen LogP contribution in [0.5, 0.6) is 0 Å². The lowest BCUT2D eigenvalue weighted by Gasteiger charge is -2.46. The first-order chi connectivity index (χ1) is 8.85. The second-order valence-corrected chi connectivity index (χ2v) is 5.19. The molecule has 2 fully saturated rings. The van der Waals surface area contributed by atoms with E-state index in [1.807, 2.05) is 13.8 Å². The highest BCUT2D eigenvalue weighted by Crippen LogP contribution is 2.38. The lowest BCUT2D eigenvalue weighted by molar-refractivity contribution is 0.0452. The molecule has 1 aliphatic carbocycles. The minimum absolute atomic E-state index is 0.955. The van der Waals surface area contributed by atoms with Crippen molar-refractivity contribution in [3.63, 3.8) is 0 Å². The first kappa shape index (κ1) is 19.4. The van der Waals surface area contributed by atoms with Crippen LogP contribution >= 0.6 is 37.2 Å². The van der Waals surface area contributed by atoms with Gasteiger partial charge in [0.15, 0.2) is 0 Å². The van der Waals surface area contributed by atoms with Crippen molar-refractivity contribution < 1.29 is 0 Å². The van der Waals surface area contributed by atoms with E-state index in [0.29, 0.717) is 0 Å². The first-order valence-electron chi connectivity index (χ1n) is 7.73. The van der Waals surface area contributed by atoms with Gasteiger partial charge in [-0.25, -0.2) is 0 Å². The second kappa shape index (κ2) is 12.2. The highest BCUT2D eigenvalue weighted by atomic mass is 128. The number of fused-ring (bicyclic) bond motifs is 1. The molecule has 1 nitrogen and oxygen atoms in total. The smallest absolute Gasteiger partial charge is 0.0124 e. The van der Waals surface area contributed by atoms with Gasteiger partial charge in [-0.2, -0.15) is 0 Å². The Balaban J connectivity index is 0.000000659. The standard InChI is InChI=1S/C13H25N.C2H6.I2/c1-3-11-7-8-13-12(10-11)6-5-9-14(13)4-2;2*1-2/h11-13H,3-10H2,1-2H3;1-2H3;. The van der Waals surface area contributed by atoms with Crippen molar-refractivity contribution in [1.29, 1.82) is 0 Å². The van der Waals surface area contributed by atoms with Crippen LogP contribution in [0.3, 0.4) is 0 Å². The molecule has 3 heteroatoms. The topological polar surface area (TPSA) is 3.24 Å². The Bertz CT molecular complexity index is 187. The van der Waals surface area contributed by atoms with E-state index in [1.54, 1.807) is 0 Å². The minimum atomic E-state index is 0.955. The van der Waals surface area contributed by atoms with Crippen LogP contribution in [0.15, 0.2) is 0 Å². The molecule has 0 aromatic heterocycles. The van der Waals surface area contributed by atoms with E-state index in [2.05, 4.69) is 56.0 Å². The van der Waals surface area contributed by atoms with E-state index in [9.17, 15) is 0 Å². The zero-order valence-corrected chi connectivity index (χ0v) is 16.9. The summed E-state index contributed by atoms with van der Waals surface area (Å²) in [7, 11) is 0. The number of halogens is 2. The average Bonchev–Trinajstić information content (AvgIpc) is 2.50. The predicted octanol–water partition coefficient (Wildman–Crippen LogP) is 6.09. The summed E-state index contributed by atoms with van der Waals surface area (Å²) in [6.45, 7) is 11.3. The molecule has 0 aromatic rings. The summed E-state index contributed by atoms with van der Waals surface area (Å²) < 4.78 is 0. The molecule has 0 amide bonds. The summed E-state index contributed by atoms with van der Waals surface area (Å²) in [5.41, 5.74) is 0. The van der Waals surface area contributed by atoms with Crippen LogP contribution in [0.4, 0.5) is 0 Å². The van der Waals surface area contributed by atoms with E-state index < -0.39 is 0 Å². The lowest BCUT2D eigenvalue weighted by atomic mass is 9.73. The molecule has 0 spiro atoms. The first-order valence-corrected chi connectivity index (χ1v) is 14.0. The Morgan fingerprint density at radius 1 is 1.06 bits per heavy atom. The van der Waals surface area contributed by atoms with Crippen molar-refractivity contribution in [3.05, 3.63) is 0 Å². The summed E-state index contributed by atoms with van der Waals surface area (Å²) in [5.74, 6) is 2.09. The van der Waals surface area contributed by atoms with E-state index >= 15 is 0 Å². The molecule has 1 heterocycles. The SMILES string of the molecule is CC.CCC1CCC2C(CCCN2CC)C1.II. The number of nitrogens with zero attached hydrogens (tertiary/aromatic N) is 1. The Morgan fingerprint density at radius 3 is 2.28 bits per heavy atom. The molecule has 110 valence electrons. The van der Waals surface area contributed by atoms with E-state index in [0.717, 1.165) is 17.9 Å². The molecule has 1 aliphatic heterocycles. The van der Waals surface area contributed by atoms with Gasteiger partial charge < -0.3 is 4.90 Å². The van der Waals surface area contributed by atoms with Crippen molar-refractivity contribution in [2.45, 2.75) is 72.3 Å². The maximum Gasteiger partial charge on any atom is 0.0124 e. The summed E-state index contributed by atoms with van der Waals surface area (Å²) >= 11 is 4.24. The third-order valence-corrected chi connectivity index (χ3v) is 4.52. The molecular weight excluding hydrogens is 448 g/mol. The third kappa shape index (κ3) is 5.81. The zero-order valence-electron chi connectivity index (χ0n) is 12.6. The van der Waals surface area contributed by atoms with Gasteiger partial charge >= 0.3 is 0 Å². The lowest BCUT2D eigenvalue weighted by Crippen LogP contribution is -2.47. The molecule has 3 atom stereocenters. The van der Waals surface area contributed by atoms with Crippen molar-refractivity contribution in [2.75, 3.05) is 13.1 Å². The molecule has 1 saturated carbocycles. The molecule has 1 saturated heterocycles. The summed E-state index contributed by atoms with van der Waals surface area (Å²) in [5, 5.41) is 0. The molecule has 3 unspecified atom stereocenters. The zero-order chi connectivity index (χ0) is 14.0. The van der Waals surface area contributed by atoms with Crippen LogP contribution in [0.25, 0.3) is 0 Å². The van der Waals surface area contributed by atoms with E-state index in [4.69, 9.17) is 0 Å². The van der Waals surface area contributed by atoms with Crippen molar-refractivity contribution in [1.82, 2.24) is 4.90 Å². The van der Waals surface area contributed by atoms with Gasteiger partial charge in [0, 0.05) is 43.3 Å². The monoisotopic (exact) mass is 479 g/mol. The number of likely N-dealkylation sites (tertiary alicyclic amines) is 1. The summed E-state index contributed by atoms with van der Waals surface area (Å²) in [6, 6.07) is 0.955. The summed E-state index contributed by atoms with van der Waals surface area (Å²) in [4.78, 5) is 2.74. The van der Waals surface area contributed by atoms with Crippen LogP contribution in [-0.4, -0.2) is 24.0 Å². The quantitative estimate of drug-likeness (QED) is 0.433. The minimum Gasteiger partial charge on any atom is -0.300 e. The van der Waals surface area contributed by atoms with Gasteiger partial charge in [0.2, 0.25) is 0 Å². The third-order valence-electron chi connectivity index (χ3n) is 4.52. The van der Waals surface area contributed by atoms with Gasteiger partial charge in [-0.1, -0.05) is 34.1 Å². The van der Waals surface area contributed by atoms with E-state index in [1.165, 1.54) is 51.6 Å². The Morgan fingerprint density at radius 2 is 1.72 bits per heavy atom. The van der Waals surface area contributed by atoms with Crippen LogP contribution in [0, 0.1) is 11.8 Å². The van der Waals surface area contributed by atoms with Gasteiger partial charge in [-0.05, 0) is 57.0 Å². The molecule has 2 aliphatic rings. The largest absolute Gasteiger partial charge is 0.300 e. The van der Waals surface area contributed by atoms with Gasteiger partial charge in [-0.15, -0.1) is 0 Å². The maximum atomic E-state index is 2.74. The normalized spacial score (nSPS) is 31.3. The fourth-order valence-corrected chi connectivity index (χ4v) is 3.62. The Labute approximate surface area is 138 Å². The highest BCUT2D eigenvalue weighted by molar-refractivity contribution is 15.0. The highest BCUT2D eigenvalue weighted by Gasteiger charge is 2.35. The van der Waals surface area contributed by atoms with Gasteiger partial charge in [0.1, 0.15) is 0 Å². The van der Waals surface area contributed by atoms with Crippen molar-refractivity contribution in [2.24, 2.45) is 11.8 Å². The van der Waals surface area contributed by atoms with Crippen LogP contribution in [0.1, 0.15) is 66.2 Å². The van der Waals surface area contributed by atoms with Gasteiger partial charge in [0.25, 0.3) is 0 Å². The van der Waals surface area contributed by atoms with Crippen LogP contribution < -0.4 is 0 Å². The fourth-order valence-electron chi connectivity index (χ4n) is 3.62. The molecular formula is C15H31I2N. The molecule has 2 rings (SSSR count).